The Morgan fingerprint density at radius 1 is 1.41 bits per heavy atom. The molecule has 0 bridgehead atoms. The van der Waals surface area contributed by atoms with E-state index in [9.17, 15) is 0 Å². The van der Waals surface area contributed by atoms with Crippen LogP contribution in [0.3, 0.4) is 0 Å². The largest absolute Gasteiger partial charge is 0.378 e. The summed E-state index contributed by atoms with van der Waals surface area (Å²) in [6.45, 7) is 13.2. The lowest BCUT2D eigenvalue weighted by Crippen LogP contribution is -2.50. The van der Waals surface area contributed by atoms with Crippen LogP contribution in [0.25, 0.3) is 0 Å². The molecule has 1 unspecified atom stereocenters. The van der Waals surface area contributed by atoms with Gasteiger partial charge in [-0.15, -0.1) is 0 Å². The van der Waals surface area contributed by atoms with Crippen LogP contribution in [0.2, 0.25) is 0 Å². The van der Waals surface area contributed by atoms with Crippen molar-refractivity contribution in [3.05, 3.63) is 0 Å². The molecular weight excluding hydrogens is 212 g/mol. The van der Waals surface area contributed by atoms with Crippen LogP contribution in [0.1, 0.15) is 40.0 Å². The fourth-order valence-electron chi connectivity index (χ4n) is 2.32. The van der Waals surface area contributed by atoms with Gasteiger partial charge in [0.15, 0.2) is 0 Å². The monoisotopic (exact) mass is 242 g/mol. The van der Waals surface area contributed by atoms with E-state index in [2.05, 4.69) is 31.0 Å². The van der Waals surface area contributed by atoms with Crippen molar-refractivity contribution in [3.63, 3.8) is 0 Å². The Bertz CT molecular complexity index is 185. The quantitative estimate of drug-likeness (QED) is 0.660. The Morgan fingerprint density at radius 3 is 2.94 bits per heavy atom. The van der Waals surface area contributed by atoms with Crippen LogP contribution >= 0.6 is 0 Å². The Labute approximate surface area is 107 Å². The van der Waals surface area contributed by atoms with Gasteiger partial charge in [-0.25, -0.2) is 0 Å². The van der Waals surface area contributed by atoms with E-state index >= 15 is 0 Å². The fraction of sp³-hybridized carbons (Fsp3) is 1.00. The first-order chi connectivity index (χ1) is 8.24. The summed E-state index contributed by atoms with van der Waals surface area (Å²) in [5.74, 6) is 0.827. The second-order valence-electron chi connectivity index (χ2n) is 5.50. The third-order valence-corrected chi connectivity index (χ3v) is 3.38. The molecule has 1 atom stereocenters. The van der Waals surface area contributed by atoms with Crippen LogP contribution in [0, 0.1) is 5.92 Å². The van der Waals surface area contributed by atoms with E-state index in [-0.39, 0.29) is 0 Å². The minimum absolute atomic E-state index is 0.586. The summed E-state index contributed by atoms with van der Waals surface area (Å²) in [5.41, 5.74) is 0. The van der Waals surface area contributed by atoms with Gasteiger partial charge >= 0.3 is 0 Å². The molecule has 1 heterocycles. The molecule has 1 fully saturated rings. The molecule has 1 N–H and O–H groups in total. The molecule has 0 spiro atoms. The minimum Gasteiger partial charge on any atom is -0.378 e. The maximum atomic E-state index is 5.59. The number of morpholine rings is 1. The van der Waals surface area contributed by atoms with Crippen LogP contribution in [0.15, 0.2) is 0 Å². The molecule has 3 nitrogen and oxygen atoms in total. The number of hydrogen-bond acceptors (Lipinski definition) is 3. The lowest BCUT2D eigenvalue weighted by atomic mass is 10.1. The third kappa shape index (κ3) is 6.39. The zero-order valence-electron chi connectivity index (χ0n) is 11.9. The fourth-order valence-corrected chi connectivity index (χ4v) is 2.32. The maximum absolute atomic E-state index is 5.59. The average Bonchev–Trinajstić information content (AvgIpc) is 2.31. The van der Waals surface area contributed by atoms with E-state index in [0.29, 0.717) is 6.04 Å². The molecule has 1 aliphatic rings. The molecule has 3 heteroatoms. The van der Waals surface area contributed by atoms with Crippen LogP contribution in [-0.2, 0) is 4.74 Å². The molecule has 0 aromatic heterocycles. The van der Waals surface area contributed by atoms with Gasteiger partial charge in [0.05, 0.1) is 13.2 Å². The molecule has 0 radical (unpaired) electrons. The topological polar surface area (TPSA) is 24.5 Å². The van der Waals surface area contributed by atoms with Crippen molar-refractivity contribution >= 4 is 0 Å². The SMILES string of the molecule is CCCNCC1COCCN1CCCC(C)C. The predicted molar refractivity (Wildman–Crippen MR) is 73.4 cm³/mol. The second-order valence-corrected chi connectivity index (χ2v) is 5.50. The highest BCUT2D eigenvalue weighted by Crippen LogP contribution is 2.10. The van der Waals surface area contributed by atoms with Crippen LogP contribution in [-0.4, -0.2) is 50.3 Å². The lowest BCUT2D eigenvalue weighted by molar-refractivity contribution is -0.00761. The molecule has 1 saturated heterocycles. The second kappa shape index (κ2) is 8.90. The van der Waals surface area contributed by atoms with Gasteiger partial charge in [-0.2, -0.15) is 0 Å². The molecule has 0 aromatic rings. The van der Waals surface area contributed by atoms with Crippen LogP contribution in [0.4, 0.5) is 0 Å². The van der Waals surface area contributed by atoms with Gasteiger partial charge in [-0.05, 0) is 38.3 Å². The summed E-state index contributed by atoms with van der Waals surface area (Å²) in [6.07, 6.45) is 3.87. The van der Waals surface area contributed by atoms with E-state index in [0.717, 1.165) is 38.8 Å². The summed E-state index contributed by atoms with van der Waals surface area (Å²) < 4.78 is 5.59. The van der Waals surface area contributed by atoms with Gasteiger partial charge in [-0.1, -0.05) is 20.8 Å². The molecule has 0 aliphatic carbocycles. The van der Waals surface area contributed by atoms with Crippen molar-refractivity contribution in [1.82, 2.24) is 10.2 Å². The Kier molecular flexibility index (Phi) is 7.82. The first-order valence-electron chi connectivity index (χ1n) is 7.26. The zero-order valence-corrected chi connectivity index (χ0v) is 11.9. The van der Waals surface area contributed by atoms with E-state index in [1.807, 2.05) is 0 Å². The lowest BCUT2D eigenvalue weighted by Gasteiger charge is -2.36. The molecule has 0 amide bonds. The van der Waals surface area contributed by atoms with Gasteiger partial charge in [-0.3, -0.25) is 4.90 Å². The standard InChI is InChI=1S/C14H30N2O/c1-4-7-15-11-14-12-17-10-9-16(14)8-5-6-13(2)3/h13-15H,4-12H2,1-3H3. The summed E-state index contributed by atoms with van der Waals surface area (Å²) >= 11 is 0. The van der Waals surface area contributed by atoms with Crippen molar-refractivity contribution in [2.24, 2.45) is 5.92 Å². The van der Waals surface area contributed by atoms with Crippen LogP contribution < -0.4 is 5.32 Å². The van der Waals surface area contributed by atoms with Gasteiger partial charge in [0, 0.05) is 19.1 Å². The zero-order chi connectivity index (χ0) is 12.5. The third-order valence-electron chi connectivity index (χ3n) is 3.38. The van der Waals surface area contributed by atoms with Gasteiger partial charge in [0.25, 0.3) is 0 Å². The predicted octanol–water partition coefficient (Wildman–Crippen LogP) is 2.12. The molecule has 1 aliphatic heterocycles. The molecular formula is C14H30N2O. The number of nitrogens with zero attached hydrogens (tertiary/aromatic N) is 1. The van der Waals surface area contributed by atoms with Crippen molar-refractivity contribution in [1.29, 1.82) is 0 Å². The van der Waals surface area contributed by atoms with E-state index < -0.39 is 0 Å². The van der Waals surface area contributed by atoms with Gasteiger partial charge < -0.3 is 10.1 Å². The molecule has 1 rings (SSSR count). The normalized spacial score (nSPS) is 22.2. The van der Waals surface area contributed by atoms with Crippen molar-refractivity contribution in [2.75, 3.05) is 39.4 Å². The first kappa shape index (κ1) is 14.9. The van der Waals surface area contributed by atoms with Crippen molar-refractivity contribution in [2.45, 2.75) is 46.1 Å². The van der Waals surface area contributed by atoms with Gasteiger partial charge in [0.1, 0.15) is 0 Å². The van der Waals surface area contributed by atoms with Gasteiger partial charge in [0.2, 0.25) is 0 Å². The minimum atomic E-state index is 0.586. The highest BCUT2D eigenvalue weighted by Gasteiger charge is 2.21. The smallest absolute Gasteiger partial charge is 0.0634 e. The molecule has 102 valence electrons. The summed E-state index contributed by atoms with van der Waals surface area (Å²) in [5, 5.41) is 3.51. The molecule has 0 saturated carbocycles. The maximum Gasteiger partial charge on any atom is 0.0634 e. The number of nitrogens with one attached hydrogen (secondary N) is 1. The van der Waals surface area contributed by atoms with Crippen molar-refractivity contribution < 1.29 is 4.74 Å². The van der Waals surface area contributed by atoms with Crippen LogP contribution in [0.5, 0.6) is 0 Å². The Hall–Kier alpha value is -0.120. The number of hydrogen-bond donors (Lipinski definition) is 1. The molecule has 17 heavy (non-hydrogen) atoms. The first-order valence-corrected chi connectivity index (χ1v) is 7.26. The highest BCUT2D eigenvalue weighted by atomic mass is 16.5. The summed E-state index contributed by atoms with van der Waals surface area (Å²) in [6, 6.07) is 0.586. The average molecular weight is 242 g/mol. The van der Waals surface area contributed by atoms with E-state index in [4.69, 9.17) is 4.74 Å². The highest BCUT2D eigenvalue weighted by molar-refractivity contribution is 4.77. The summed E-state index contributed by atoms with van der Waals surface area (Å²) in [4.78, 5) is 2.61. The Morgan fingerprint density at radius 2 is 2.24 bits per heavy atom. The van der Waals surface area contributed by atoms with E-state index in [1.165, 1.54) is 25.8 Å². The molecule has 0 aromatic carbocycles. The Balaban J connectivity index is 2.22. The number of ether oxygens (including phenoxy) is 1. The summed E-state index contributed by atoms with van der Waals surface area (Å²) in [7, 11) is 0. The van der Waals surface area contributed by atoms with Crippen molar-refractivity contribution in [3.8, 4) is 0 Å². The number of rotatable bonds is 8. The van der Waals surface area contributed by atoms with E-state index in [1.54, 1.807) is 0 Å².